The minimum atomic E-state index is -0.766. The zero-order valence-corrected chi connectivity index (χ0v) is 15.1. The first-order valence-electron chi connectivity index (χ1n) is 8.27. The molecule has 1 aromatic carbocycles. The number of carbonyl (C=O) groups is 2. The van der Waals surface area contributed by atoms with Crippen LogP contribution in [0, 0.1) is 0 Å². The molecule has 0 aliphatic rings. The Bertz CT molecular complexity index is 751. The van der Waals surface area contributed by atoms with Crippen LogP contribution in [0.3, 0.4) is 0 Å². The van der Waals surface area contributed by atoms with Crippen molar-refractivity contribution in [1.29, 1.82) is 0 Å². The van der Waals surface area contributed by atoms with E-state index < -0.39 is 12.2 Å². The maximum atomic E-state index is 12.2. The van der Waals surface area contributed by atoms with Gasteiger partial charge in [-0.3, -0.25) is 4.57 Å². The number of benzene rings is 1. The van der Waals surface area contributed by atoms with Crippen molar-refractivity contribution in [2.24, 2.45) is 0 Å². The Morgan fingerprint density at radius 1 is 1.12 bits per heavy atom. The number of nitrogens with zero attached hydrogens (tertiary/aromatic N) is 2. The molecule has 7 nitrogen and oxygen atoms in total. The van der Waals surface area contributed by atoms with Crippen LogP contribution in [0.4, 0.5) is 9.59 Å². The van der Waals surface area contributed by atoms with Crippen molar-refractivity contribution < 1.29 is 23.8 Å². The van der Waals surface area contributed by atoms with E-state index in [2.05, 4.69) is 0 Å². The molecule has 0 saturated heterocycles. The summed E-state index contributed by atoms with van der Waals surface area (Å²) in [5.41, 5.74) is 1.53. The molecular formula is C18H24N2O5. The molecule has 0 spiro atoms. The normalized spacial score (nSPS) is 10.9. The van der Waals surface area contributed by atoms with Gasteiger partial charge in [0.05, 0.1) is 18.7 Å². The average molecular weight is 348 g/mol. The Morgan fingerprint density at radius 2 is 1.84 bits per heavy atom. The van der Waals surface area contributed by atoms with E-state index in [1.165, 1.54) is 4.57 Å². The first-order chi connectivity index (χ1) is 12.0. The molecule has 7 heteroatoms. The summed E-state index contributed by atoms with van der Waals surface area (Å²) in [5.74, 6) is 0.368. The van der Waals surface area contributed by atoms with Gasteiger partial charge in [0.2, 0.25) is 0 Å². The highest BCUT2D eigenvalue weighted by molar-refractivity contribution is 5.96. The number of fused-ring (bicyclic) bond motifs is 1. The van der Waals surface area contributed by atoms with Gasteiger partial charge in [-0.25, -0.2) is 9.59 Å². The number of rotatable bonds is 6. The molecule has 0 aliphatic carbocycles. The van der Waals surface area contributed by atoms with Crippen molar-refractivity contribution >= 4 is 23.2 Å². The molecule has 1 aromatic heterocycles. The van der Waals surface area contributed by atoms with Crippen molar-refractivity contribution in [3.63, 3.8) is 0 Å². The maximum absolute atomic E-state index is 12.2. The van der Waals surface area contributed by atoms with Crippen LogP contribution in [-0.2, 0) is 15.9 Å². The topological polar surface area (TPSA) is 70.0 Å². The first-order valence-corrected chi connectivity index (χ1v) is 8.27. The molecule has 0 aliphatic heterocycles. The second kappa shape index (κ2) is 8.53. The van der Waals surface area contributed by atoms with E-state index in [1.807, 2.05) is 19.0 Å². The summed E-state index contributed by atoms with van der Waals surface area (Å²) in [6.45, 7) is 4.76. The molecule has 0 saturated carbocycles. The van der Waals surface area contributed by atoms with Crippen molar-refractivity contribution in [2.75, 3.05) is 33.9 Å². The molecule has 0 bridgehead atoms. The van der Waals surface area contributed by atoms with Crippen molar-refractivity contribution in [1.82, 2.24) is 9.47 Å². The van der Waals surface area contributed by atoms with Gasteiger partial charge in [0.15, 0.2) is 0 Å². The lowest BCUT2D eigenvalue weighted by atomic mass is 10.1. The van der Waals surface area contributed by atoms with Crippen LogP contribution in [0.2, 0.25) is 0 Å². The minimum absolute atomic E-state index is 0.228. The average Bonchev–Trinajstić information content (AvgIpc) is 2.93. The number of likely N-dealkylation sites (N-methyl/N-ethyl adjacent to an activating group) is 1. The quantitative estimate of drug-likeness (QED) is 0.589. The summed E-state index contributed by atoms with van der Waals surface area (Å²) in [4.78, 5) is 26.0. The van der Waals surface area contributed by atoms with Crippen molar-refractivity contribution in [3.8, 4) is 5.75 Å². The summed E-state index contributed by atoms with van der Waals surface area (Å²) >= 11 is 0. The SMILES string of the molecule is CCOC(=O)Oc1cccc2c1c(CCN(C)C)cn2C(=O)OCC. The highest BCUT2D eigenvalue weighted by atomic mass is 16.7. The molecule has 0 radical (unpaired) electrons. The van der Waals surface area contributed by atoms with Crippen LogP contribution < -0.4 is 4.74 Å². The zero-order chi connectivity index (χ0) is 18.4. The van der Waals surface area contributed by atoms with E-state index in [1.54, 1.807) is 38.2 Å². The Balaban J connectivity index is 2.50. The van der Waals surface area contributed by atoms with Crippen molar-refractivity contribution in [2.45, 2.75) is 20.3 Å². The summed E-state index contributed by atoms with van der Waals surface area (Å²) in [6.07, 6.45) is 1.21. The summed E-state index contributed by atoms with van der Waals surface area (Å²) in [5, 5.41) is 0.713. The van der Waals surface area contributed by atoms with Crippen LogP contribution in [0.1, 0.15) is 19.4 Å². The standard InChI is InChI=1S/C18H24N2O5/c1-5-23-17(21)20-12-13(10-11-19(3)4)16-14(20)8-7-9-15(16)25-18(22)24-6-2/h7-9,12H,5-6,10-11H2,1-4H3. The molecule has 0 atom stereocenters. The lowest BCUT2D eigenvalue weighted by Crippen LogP contribution is -2.15. The highest BCUT2D eigenvalue weighted by Crippen LogP contribution is 2.31. The molecule has 0 amide bonds. The van der Waals surface area contributed by atoms with Gasteiger partial charge < -0.3 is 19.1 Å². The first kappa shape index (κ1) is 18.8. The molecule has 136 valence electrons. The predicted octanol–water partition coefficient (Wildman–Crippen LogP) is 3.29. The number of carbonyl (C=O) groups excluding carboxylic acids is 2. The Hall–Kier alpha value is -2.54. The fourth-order valence-electron chi connectivity index (χ4n) is 2.53. The van der Waals surface area contributed by atoms with E-state index >= 15 is 0 Å². The number of aromatic nitrogens is 1. The third-order valence-corrected chi connectivity index (χ3v) is 3.62. The fraction of sp³-hybridized carbons (Fsp3) is 0.444. The third-order valence-electron chi connectivity index (χ3n) is 3.62. The van der Waals surface area contributed by atoms with Gasteiger partial charge in [-0.2, -0.15) is 0 Å². The monoisotopic (exact) mass is 348 g/mol. The number of hydrogen-bond acceptors (Lipinski definition) is 6. The Kier molecular flexibility index (Phi) is 6.41. The number of ether oxygens (including phenoxy) is 3. The molecule has 0 unspecified atom stereocenters. The van der Waals surface area contributed by atoms with Crippen LogP contribution in [0.5, 0.6) is 5.75 Å². The summed E-state index contributed by atoms with van der Waals surface area (Å²) in [6, 6.07) is 5.21. The smallest absolute Gasteiger partial charge is 0.449 e. The molecule has 2 rings (SSSR count). The zero-order valence-electron chi connectivity index (χ0n) is 15.1. The lowest BCUT2D eigenvalue weighted by molar-refractivity contribution is 0.105. The van der Waals surface area contributed by atoms with Crippen LogP contribution >= 0.6 is 0 Å². The van der Waals surface area contributed by atoms with E-state index in [0.29, 0.717) is 23.1 Å². The van der Waals surface area contributed by atoms with E-state index in [-0.39, 0.29) is 13.2 Å². The van der Waals surface area contributed by atoms with Crippen LogP contribution in [0.15, 0.2) is 24.4 Å². The third kappa shape index (κ3) is 4.51. The van der Waals surface area contributed by atoms with Crippen molar-refractivity contribution in [3.05, 3.63) is 30.0 Å². The van der Waals surface area contributed by atoms with Gasteiger partial charge in [0.25, 0.3) is 0 Å². The van der Waals surface area contributed by atoms with E-state index in [9.17, 15) is 9.59 Å². The van der Waals surface area contributed by atoms with Gasteiger partial charge in [-0.05, 0) is 52.1 Å². The maximum Gasteiger partial charge on any atom is 0.513 e. The highest BCUT2D eigenvalue weighted by Gasteiger charge is 2.19. The van der Waals surface area contributed by atoms with Crippen LogP contribution in [-0.4, -0.2) is 55.6 Å². The Morgan fingerprint density at radius 3 is 2.48 bits per heavy atom. The molecule has 25 heavy (non-hydrogen) atoms. The molecule has 1 heterocycles. The Labute approximate surface area is 147 Å². The second-order valence-electron chi connectivity index (χ2n) is 5.71. The van der Waals surface area contributed by atoms with Gasteiger partial charge in [-0.15, -0.1) is 0 Å². The molecule has 0 N–H and O–H groups in total. The number of hydrogen-bond donors (Lipinski definition) is 0. The second-order valence-corrected chi connectivity index (χ2v) is 5.71. The predicted molar refractivity (Wildman–Crippen MR) is 94.3 cm³/mol. The summed E-state index contributed by atoms with van der Waals surface area (Å²) in [7, 11) is 3.95. The molecular weight excluding hydrogens is 324 g/mol. The van der Waals surface area contributed by atoms with Crippen LogP contribution in [0.25, 0.3) is 10.9 Å². The largest absolute Gasteiger partial charge is 0.513 e. The fourth-order valence-corrected chi connectivity index (χ4v) is 2.53. The van der Waals surface area contributed by atoms with Gasteiger partial charge >= 0.3 is 12.2 Å². The van der Waals surface area contributed by atoms with Gasteiger partial charge in [0, 0.05) is 18.1 Å². The van der Waals surface area contributed by atoms with E-state index in [4.69, 9.17) is 14.2 Å². The summed E-state index contributed by atoms with van der Waals surface area (Å²) < 4.78 is 16.7. The van der Waals surface area contributed by atoms with Gasteiger partial charge in [-0.1, -0.05) is 6.07 Å². The van der Waals surface area contributed by atoms with Gasteiger partial charge in [0.1, 0.15) is 5.75 Å². The molecule has 2 aromatic rings. The van der Waals surface area contributed by atoms with E-state index in [0.717, 1.165) is 12.1 Å². The molecule has 0 fully saturated rings. The lowest BCUT2D eigenvalue weighted by Gasteiger charge is -2.10. The minimum Gasteiger partial charge on any atom is -0.449 e.